The number of halogens is 1. The van der Waals surface area contributed by atoms with E-state index in [9.17, 15) is 9.18 Å². The van der Waals surface area contributed by atoms with E-state index in [-0.39, 0.29) is 18.3 Å². The van der Waals surface area contributed by atoms with Crippen molar-refractivity contribution in [2.45, 2.75) is 12.8 Å². The number of aryl methyl sites for hydroxylation is 1. The fourth-order valence-electron chi connectivity index (χ4n) is 2.63. The van der Waals surface area contributed by atoms with E-state index < -0.39 is 0 Å². The van der Waals surface area contributed by atoms with E-state index in [0.717, 1.165) is 29.2 Å². The normalized spacial score (nSPS) is 10.6. The Morgan fingerprint density at radius 3 is 2.52 bits per heavy atom. The molecule has 0 aliphatic rings. The third-order valence-electron chi connectivity index (χ3n) is 3.97. The molecule has 0 bridgehead atoms. The van der Waals surface area contributed by atoms with Gasteiger partial charge in [-0.05, 0) is 53.4 Å². The Morgan fingerprint density at radius 2 is 1.72 bits per heavy atom. The van der Waals surface area contributed by atoms with Gasteiger partial charge in [-0.25, -0.2) is 4.39 Å². The summed E-state index contributed by atoms with van der Waals surface area (Å²) in [4.78, 5) is 11.9. The highest BCUT2D eigenvalue weighted by atomic mass is 19.1. The first-order chi connectivity index (χ1) is 12.2. The maximum atomic E-state index is 12.8. The second-order valence-corrected chi connectivity index (χ2v) is 5.88. The van der Waals surface area contributed by atoms with Crippen molar-refractivity contribution in [1.82, 2.24) is 5.32 Å². The van der Waals surface area contributed by atoms with E-state index in [4.69, 9.17) is 4.74 Å². The van der Waals surface area contributed by atoms with Crippen LogP contribution in [0.5, 0.6) is 5.75 Å². The van der Waals surface area contributed by atoms with Gasteiger partial charge in [0.2, 0.25) is 0 Å². The number of carbonyl (C=O) groups excluding carboxylic acids is 1. The summed E-state index contributed by atoms with van der Waals surface area (Å²) in [6, 6.07) is 20.2. The van der Waals surface area contributed by atoms with Crippen molar-refractivity contribution in [3.63, 3.8) is 0 Å². The minimum absolute atomic E-state index is 0.00507. The predicted molar refractivity (Wildman–Crippen MR) is 97.2 cm³/mol. The molecule has 0 saturated heterocycles. The molecule has 0 fully saturated rings. The molecule has 3 nitrogen and oxygen atoms in total. The lowest BCUT2D eigenvalue weighted by Crippen LogP contribution is -2.29. The topological polar surface area (TPSA) is 38.3 Å². The van der Waals surface area contributed by atoms with Gasteiger partial charge in [-0.2, -0.15) is 0 Å². The standard InChI is InChI=1S/C21H20FNO2/c22-19-10-7-16(8-11-19)4-3-13-23-21(24)15-25-20-12-9-17-5-1-2-6-18(17)14-20/h1-2,5-12,14H,3-4,13,15H2,(H,23,24). The summed E-state index contributed by atoms with van der Waals surface area (Å²) in [6.07, 6.45) is 1.60. The zero-order valence-corrected chi connectivity index (χ0v) is 13.9. The molecule has 0 spiro atoms. The van der Waals surface area contributed by atoms with Crippen molar-refractivity contribution >= 4 is 16.7 Å². The van der Waals surface area contributed by atoms with E-state index in [1.54, 1.807) is 12.1 Å². The Kier molecular flexibility index (Phi) is 5.62. The Hall–Kier alpha value is -2.88. The van der Waals surface area contributed by atoms with Crippen LogP contribution in [-0.2, 0) is 11.2 Å². The van der Waals surface area contributed by atoms with Crippen molar-refractivity contribution < 1.29 is 13.9 Å². The number of hydrogen-bond acceptors (Lipinski definition) is 2. The minimum Gasteiger partial charge on any atom is -0.484 e. The van der Waals surface area contributed by atoms with Gasteiger partial charge >= 0.3 is 0 Å². The summed E-state index contributed by atoms with van der Waals surface area (Å²) >= 11 is 0. The smallest absolute Gasteiger partial charge is 0.257 e. The van der Waals surface area contributed by atoms with Crippen LogP contribution in [-0.4, -0.2) is 19.1 Å². The minimum atomic E-state index is -0.233. The summed E-state index contributed by atoms with van der Waals surface area (Å²) in [7, 11) is 0. The zero-order chi connectivity index (χ0) is 17.5. The molecule has 1 amide bonds. The number of ether oxygens (including phenoxy) is 1. The number of fused-ring (bicyclic) bond motifs is 1. The third-order valence-corrected chi connectivity index (χ3v) is 3.97. The van der Waals surface area contributed by atoms with Crippen LogP contribution in [0.3, 0.4) is 0 Å². The number of benzene rings is 3. The fraction of sp³-hybridized carbons (Fsp3) is 0.190. The van der Waals surface area contributed by atoms with Gasteiger partial charge in [-0.1, -0.05) is 42.5 Å². The van der Waals surface area contributed by atoms with Crippen molar-refractivity contribution in [3.05, 3.63) is 78.1 Å². The first-order valence-electron chi connectivity index (χ1n) is 8.33. The molecule has 0 radical (unpaired) electrons. The SMILES string of the molecule is O=C(COc1ccc2ccccc2c1)NCCCc1ccc(F)cc1. The second-order valence-electron chi connectivity index (χ2n) is 5.88. The van der Waals surface area contributed by atoms with Crippen LogP contribution in [0.15, 0.2) is 66.7 Å². The number of carbonyl (C=O) groups is 1. The molecule has 128 valence electrons. The van der Waals surface area contributed by atoms with Crippen molar-refractivity contribution in [2.75, 3.05) is 13.2 Å². The monoisotopic (exact) mass is 337 g/mol. The summed E-state index contributed by atoms with van der Waals surface area (Å²) in [5.41, 5.74) is 1.06. The zero-order valence-electron chi connectivity index (χ0n) is 13.9. The van der Waals surface area contributed by atoms with Gasteiger partial charge in [-0.3, -0.25) is 4.79 Å². The van der Waals surface area contributed by atoms with Crippen LogP contribution in [0.25, 0.3) is 10.8 Å². The first kappa shape index (κ1) is 17.0. The first-order valence-corrected chi connectivity index (χ1v) is 8.33. The number of hydrogen-bond donors (Lipinski definition) is 1. The Bertz CT molecular complexity index is 846. The van der Waals surface area contributed by atoms with E-state index in [1.165, 1.54) is 12.1 Å². The van der Waals surface area contributed by atoms with Crippen molar-refractivity contribution in [2.24, 2.45) is 0 Å². The van der Waals surface area contributed by atoms with Crippen molar-refractivity contribution in [3.8, 4) is 5.75 Å². The molecule has 0 aliphatic carbocycles. The molecule has 0 heterocycles. The summed E-state index contributed by atoms with van der Waals surface area (Å²) < 4.78 is 18.4. The number of amides is 1. The molecule has 3 aromatic rings. The molecule has 0 unspecified atom stereocenters. The van der Waals surface area contributed by atoms with E-state index in [1.807, 2.05) is 42.5 Å². The van der Waals surface area contributed by atoms with Gasteiger partial charge in [0.05, 0.1) is 0 Å². The second kappa shape index (κ2) is 8.29. The molecule has 3 aromatic carbocycles. The lowest BCUT2D eigenvalue weighted by molar-refractivity contribution is -0.123. The number of rotatable bonds is 7. The van der Waals surface area contributed by atoms with Gasteiger partial charge in [0.15, 0.2) is 6.61 Å². The van der Waals surface area contributed by atoms with Crippen LogP contribution in [0.1, 0.15) is 12.0 Å². The molecule has 4 heteroatoms. The summed E-state index contributed by atoms with van der Waals surface area (Å²) in [5.74, 6) is 0.301. The highest BCUT2D eigenvalue weighted by Crippen LogP contribution is 2.20. The van der Waals surface area contributed by atoms with Crippen LogP contribution < -0.4 is 10.1 Å². The lowest BCUT2D eigenvalue weighted by atomic mass is 10.1. The average Bonchev–Trinajstić information content (AvgIpc) is 2.65. The molecule has 3 rings (SSSR count). The van der Waals surface area contributed by atoms with E-state index >= 15 is 0 Å². The Morgan fingerprint density at radius 1 is 0.960 bits per heavy atom. The van der Waals surface area contributed by atoms with Gasteiger partial charge in [0.1, 0.15) is 11.6 Å². The largest absolute Gasteiger partial charge is 0.484 e. The quantitative estimate of drug-likeness (QED) is 0.659. The fourth-order valence-corrected chi connectivity index (χ4v) is 2.63. The van der Waals surface area contributed by atoms with Crippen molar-refractivity contribution in [1.29, 1.82) is 0 Å². The van der Waals surface area contributed by atoms with Crippen LogP contribution >= 0.6 is 0 Å². The van der Waals surface area contributed by atoms with Crippen LogP contribution in [0.4, 0.5) is 4.39 Å². The van der Waals surface area contributed by atoms with E-state index in [0.29, 0.717) is 12.3 Å². The molecule has 1 N–H and O–H groups in total. The average molecular weight is 337 g/mol. The molecule has 0 saturated carbocycles. The summed E-state index contributed by atoms with van der Waals surface area (Å²) in [6.45, 7) is 0.562. The molecule has 0 aliphatic heterocycles. The number of nitrogens with one attached hydrogen (secondary N) is 1. The Labute approximate surface area is 146 Å². The van der Waals surface area contributed by atoms with E-state index in [2.05, 4.69) is 5.32 Å². The van der Waals surface area contributed by atoms with Gasteiger partial charge < -0.3 is 10.1 Å². The molecule has 0 aromatic heterocycles. The van der Waals surface area contributed by atoms with Crippen LogP contribution in [0.2, 0.25) is 0 Å². The van der Waals surface area contributed by atoms with Gasteiger partial charge in [-0.15, -0.1) is 0 Å². The maximum Gasteiger partial charge on any atom is 0.257 e. The molecular formula is C21H20FNO2. The maximum absolute atomic E-state index is 12.8. The van der Waals surface area contributed by atoms with Crippen LogP contribution in [0, 0.1) is 5.82 Å². The van der Waals surface area contributed by atoms with Gasteiger partial charge in [0, 0.05) is 6.54 Å². The highest BCUT2D eigenvalue weighted by Gasteiger charge is 2.03. The van der Waals surface area contributed by atoms with Gasteiger partial charge in [0.25, 0.3) is 5.91 Å². The predicted octanol–water partition coefficient (Wildman–Crippen LogP) is 4.11. The molecular weight excluding hydrogens is 317 g/mol. The highest BCUT2D eigenvalue weighted by molar-refractivity contribution is 5.84. The summed E-state index contributed by atoms with van der Waals surface area (Å²) in [5, 5.41) is 5.06. The Balaban J connectivity index is 1.39. The lowest BCUT2D eigenvalue weighted by Gasteiger charge is -2.08. The third kappa shape index (κ3) is 5.05. The molecule has 0 atom stereocenters. The molecule has 25 heavy (non-hydrogen) atoms.